The first kappa shape index (κ1) is 14.9. The molecule has 0 bridgehead atoms. The lowest BCUT2D eigenvalue weighted by atomic mass is 9.98. The van der Waals surface area contributed by atoms with Crippen molar-refractivity contribution in [3.63, 3.8) is 0 Å². The molecule has 2 aromatic rings. The first-order valence-electron chi connectivity index (χ1n) is 6.43. The Bertz CT molecular complexity index is 593. The van der Waals surface area contributed by atoms with E-state index in [2.05, 4.69) is 0 Å². The van der Waals surface area contributed by atoms with Crippen LogP contribution in [0.15, 0.2) is 36.4 Å². The van der Waals surface area contributed by atoms with Crippen molar-refractivity contribution in [1.82, 2.24) is 0 Å². The van der Waals surface area contributed by atoms with Crippen LogP contribution in [0.5, 0.6) is 0 Å². The summed E-state index contributed by atoms with van der Waals surface area (Å²) >= 11 is 5.97. The van der Waals surface area contributed by atoms with Gasteiger partial charge in [-0.25, -0.2) is 8.78 Å². The molecular weight excluding hydrogens is 280 g/mol. The molecule has 0 aliphatic carbocycles. The lowest BCUT2D eigenvalue weighted by molar-refractivity contribution is 0.584. The third-order valence-electron chi connectivity index (χ3n) is 3.38. The molecule has 1 nitrogen and oxygen atoms in total. The van der Waals surface area contributed by atoms with Crippen molar-refractivity contribution in [3.8, 4) is 0 Å². The quantitative estimate of drug-likeness (QED) is 0.879. The number of rotatable bonds is 4. The van der Waals surface area contributed by atoms with E-state index in [-0.39, 0.29) is 17.7 Å². The van der Waals surface area contributed by atoms with Gasteiger partial charge < -0.3 is 5.73 Å². The van der Waals surface area contributed by atoms with Gasteiger partial charge in [0.05, 0.1) is 0 Å². The molecule has 106 valence electrons. The first-order valence-corrected chi connectivity index (χ1v) is 6.81. The Balaban J connectivity index is 2.08. The van der Waals surface area contributed by atoms with Crippen molar-refractivity contribution >= 4 is 11.6 Å². The van der Waals surface area contributed by atoms with Crippen molar-refractivity contribution < 1.29 is 8.78 Å². The van der Waals surface area contributed by atoms with Gasteiger partial charge in [0.25, 0.3) is 0 Å². The Morgan fingerprint density at radius 3 is 2.55 bits per heavy atom. The first-order chi connectivity index (χ1) is 9.49. The van der Waals surface area contributed by atoms with Gasteiger partial charge in [-0.3, -0.25) is 0 Å². The summed E-state index contributed by atoms with van der Waals surface area (Å²) in [6, 6.07) is 9.14. The van der Waals surface area contributed by atoms with Crippen LogP contribution in [-0.2, 0) is 6.42 Å². The molecule has 0 heterocycles. The maximum Gasteiger partial charge on any atom is 0.127 e. The zero-order valence-electron chi connectivity index (χ0n) is 11.2. The highest BCUT2D eigenvalue weighted by molar-refractivity contribution is 6.31. The molecule has 0 aromatic heterocycles. The van der Waals surface area contributed by atoms with Gasteiger partial charge in [-0.05, 0) is 49.1 Å². The maximum atomic E-state index is 13.6. The Kier molecular flexibility index (Phi) is 4.73. The highest BCUT2D eigenvalue weighted by Crippen LogP contribution is 2.24. The third-order valence-corrected chi connectivity index (χ3v) is 3.73. The van der Waals surface area contributed by atoms with Gasteiger partial charge in [0.2, 0.25) is 0 Å². The van der Waals surface area contributed by atoms with Crippen LogP contribution in [0.2, 0.25) is 5.02 Å². The molecule has 4 heteroatoms. The largest absolute Gasteiger partial charge is 0.324 e. The number of hydrogen-bond donors (Lipinski definition) is 1. The third kappa shape index (κ3) is 3.35. The molecule has 2 N–H and O–H groups in total. The van der Waals surface area contributed by atoms with E-state index >= 15 is 0 Å². The smallest absolute Gasteiger partial charge is 0.127 e. The van der Waals surface area contributed by atoms with Crippen LogP contribution < -0.4 is 5.73 Å². The van der Waals surface area contributed by atoms with E-state index in [1.165, 1.54) is 12.1 Å². The monoisotopic (exact) mass is 295 g/mol. The van der Waals surface area contributed by atoms with Gasteiger partial charge in [0.15, 0.2) is 0 Å². The number of aryl methyl sites for hydroxylation is 1. The molecule has 0 aliphatic rings. The predicted molar refractivity (Wildman–Crippen MR) is 77.8 cm³/mol. The van der Waals surface area contributed by atoms with Crippen molar-refractivity contribution in [2.75, 3.05) is 0 Å². The second kappa shape index (κ2) is 6.33. The molecule has 0 saturated heterocycles. The molecule has 1 unspecified atom stereocenters. The minimum Gasteiger partial charge on any atom is -0.324 e. The molecule has 20 heavy (non-hydrogen) atoms. The van der Waals surface area contributed by atoms with E-state index in [0.29, 0.717) is 29.0 Å². The highest BCUT2D eigenvalue weighted by Gasteiger charge is 2.12. The number of nitrogens with two attached hydrogens (primary N) is 1. The topological polar surface area (TPSA) is 26.0 Å². The molecular formula is C16H16ClF2N. The average molecular weight is 296 g/mol. The van der Waals surface area contributed by atoms with Gasteiger partial charge in [-0.15, -0.1) is 0 Å². The summed E-state index contributed by atoms with van der Waals surface area (Å²) in [6.45, 7) is 1.69. The normalized spacial score (nSPS) is 12.4. The van der Waals surface area contributed by atoms with Gasteiger partial charge in [0, 0.05) is 16.6 Å². The fourth-order valence-corrected chi connectivity index (χ4v) is 2.39. The zero-order chi connectivity index (χ0) is 14.7. The van der Waals surface area contributed by atoms with Crippen LogP contribution in [0, 0.1) is 18.6 Å². The van der Waals surface area contributed by atoms with Crippen LogP contribution in [-0.4, -0.2) is 0 Å². The summed E-state index contributed by atoms with van der Waals surface area (Å²) in [6.07, 6.45) is 0.995. The van der Waals surface area contributed by atoms with E-state index in [4.69, 9.17) is 17.3 Å². The molecule has 0 fully saturated rings. The van der Waals surface area contributed by atoms with Gasteiger partial charge in [-0.1, -0.05) is 29.8 Å². The summed E-state index contributed by atoms with van der Waals surface area (Å²) in [5, 5.41) is 0.410. The molecule has 0 amide bonds. The van der Waals surface area contributed by atoms with E-state index in [9.17, 15) is 8.78 Å². The van der Waals surface area contributed by atoms with Crippen LogP contribution in [0.3, 0.4) is 0 Å². The van der Waals surface area contributed by atoms with E-state index in [0.717, 1.165) is 5.56 Å². The lowest BCUT2D eigenvalue weighted by Gasteiger charge is -2.14. The number of benzene rings is 2. The Morgan fingerprint density at radius 2 is 1.90 bits per heavy atom. The Hall–Kier alpha value is -1.45. The number of hydrogen-bond acceptors (Lipinski definition) is 1. The molecule has 0 aliphatic heterocycles. The van der Waals surface area contributed by atoms with E-state index < -0.39 is 0 Å². The molecule has 0 spiro atoms. The second-order valence-corrected chi connectivity index (χ2v) is 5.26. The van der Waals surface area contributed by atoms with Crippen molar-refractivity contribution in [2.24, 2.45) is 5.73 Å². The molecule has 0 radical (unpaired) electrons. The fourth-order valence-electron chi connectivity index (χ4n) is 2.14. The maximum absolute atomic E-state index is 13.6. The van der Waals surface area contributed by atoms with Crippen LogP contribution in [0.4, 0.5) is 8.78 Å². The summed E-state index contributed by atoms with van der Waals surface area (Å²) in [5.41, 5.74) is 7.95. The summed E-state index contributed by atoms with van der Waals surface area (Å²) < 4.78 is 26.9. The molecule has 0 saturated carbocycles. The average Bonchev–Trinajstić information content (AvgIpc) is 2.41. The summed E-state index contributed by atoms with van der Waals surface area (Å²) in [7, 11) is 0. The lowest BCUT2D eigenvalue weighted by Crippen LogP contribution is -2.12. The second-order valence-electron chi connectivity index (χ2n) is 4.85. The Morgan fingerprint density at radius 1 is 1.15 bits per heavy atom. The molecule has 1 atom stereocenters. The standard InChI is InChI=1S/C16H16ClF2N/c1-10-9-11(5-7-14(10)18)16(20)8-6-12-13(17)3-2-4-15(12)19/h2-5,7,9,16H,6,8,20H2,1H3. The van der Waals surface area contributed by atoms with E-state index in [1.54, 1.807) is 31.2 Å². The fraction of sp³-hybridized carbons (Fsp3) is 0.250. The van der Waals surface area contributed by atoms with Crippen molar-refractivity contribution in [2.45, 2.75) is 25.8 Å². The predicted octanol–water partition coefficient (Wildman–Crippen LogP) is 4.56. The summed E-state index contributed by atoms with van der Waals surface area (Å²) in [4.78, 5) is 0. The summed E-state index contributed by atoms with van der Waals surface area (Å²) in [5.74, 6) is -0.571. The van der Waals surface area contributed by atoms with Crippen LogP contribution >= 0.6 is 11.6 Å². The number of halogens is 3. The van der Waals surface area contributed by atoms with Gasteiger partial charge in [0.1, 0.15) is 11.6 Å². The van der Waals surface area contributed by atoms with Crippen molar-refractivity contribution in [1.29, 1.82) is 0 Å². The minimum atomic E-state index is -0.319. The Labute approximate surface area is 122 Å². The molecule has 2 aromatic carbocycles. The molecule has 2 rings (SSSR count). The SMILES string of the molecule is Cc1cc(C(N)CCc2c(F)cccc2Cl)ccc1F. The minimum absolute atomic E-state index is 0.252. The van der Waals surface area contributed by atoms with E-state index in [1.807, 2.05) is 0 Å². The van der Waals surface area contributed by atoms with Crippen LogP contribution in [0.25, 0.3) is 0 Å². The zero-order valence-corrected chi connectivity index (χ0v) is 11.9. The highest BCUT2D eigenvalue weighted by atomic mass is 35.5. The van der Waals surface area contributed by atoms with Gasteiger partial charge in [-0.2, -0.15) is 0 Å². The van der Waals surface area contributed by atoms with Crippen LogP contribution in [0.1, 0.15) is 29.2 Å². The van der Waals surface area contributed by atoms with Crippen molar-refractivity contribution in [3.05, 3.63) is 69.7 Å². The van der Waals surface area contributed by atoms with Gasteiger partial charge >= 0.3 is 0 Å².